The Bertz CT molecular complexity index is 659. The van der Waals surface area contributed by atoms with Gasteiger partial charge in [-0.3, -0.25) is 14.7 Å². The van der Waals surface area contributed by atoms with Gasteiger partial charge in [-0.2, -0.15) is 0 Å². The zero-order valence-electron chi connectivity index (χ0n) is 11.7. The third kappa shape index (κ3) is 3.28. The summed E-state index contributed by atoms with van der Waals surface area (Å²) in [5.74, 6) is -2.55. The maximum absolute atomic E-state index is 13.1. The Morgan fingerprint density at radius 1 is 1.50 bits per heavy atom. The maximum atomic E-state index is 13.1. The molecule has 2 N–H and O–H groups in total. The monoisotopic (exact) mass is 307 g/mol. The largest absolute Gasteiger partial charge is 0.351 e. The van der Waals surface area contributed by atoms with E-state index < -0.39 is 30.8 Å². The van der Waals surface area contributed by atoms with Crippen LogP contribution in [0.2, 0.25) is 0 Å². The first kappa shape index (κ1) is 14.6. The number of hydrogen-bond acceptors (Lipinski definition) is 4. The highest BCUT2D eigenvalue weighted by molar-refractivity contribution is 5.82. The first-order chi connectivity index (χ1) is 10.5. The lowest BCUT2D eigenvalue weighted by molar-refractivity contribution is -0.123. The van der Waals surface area contributed by atoms with E-state index in [9.17, 15) is 13.6 Å². The van der Waals surface area contributed by atoms with Crippen LogP contribution in [0.25, 0.3) is 5.82 Å². The van der Waals surface area contributed by atoms with Crippen LogP contribution in [0.15, 0.2) is 37.1 Å². The first-order valence-corrected chi connectivity index (χ1v) is 6.86. The molecule has 2 aromatic heterocycles. The van der Waals surface area contributed by atoms with Crippen molar-refractivity contribution in [3.8, 4) is 5.82 Å². The molecule has 1 unspecified atom stereocenters. The Morgan fingerprint density at radius 3 is 3.05 bits per heavy atom. The topological polar surface area (TPSA) is 71.8 Å². The average Bonchev–Trinajstić information content (AvgIpc) is 3.14. The van der Waals surface area contributed by atoms with Crippen molar-refractivity contribution in [2.45, 2.75) is 24.9 Å². The zero-order chi connectivity index (χ0) is 15.6. The predicted molar refractivity (Wildman–Crippen MR) is 74.6 cm³/mol. The molecule has 116 valence electrons. The van der Waals surface area contributed by atoms with E-state index in [-0.39, 0.29) is 6.54 Å². The molecular formula is C14H15F2N5O. The molecule has 0 saturated carbocycles. The normalized spacial score (nSPS) is 20.0. The van der Waals surface area contributed by atoms with Gasteiger partial charge in [0, 0.05) is 31.6 Å². The van der Waals surface area contributed by atoms with E-state index in [1.54, 1.807) is 41.6 Å². The van der Waals surface area contributed by atoms with Crippen molar-refractivity contribution in [1.82, 2.24) is 25.2 Å². The Kier molecular flexibility index (Phi) is 3.84. The summed E-state index contributed by atoms with van der Waals surface area (Å²) in [5.41, 5.74) is 0.830. The van der Waals surface area contributed by atoms with Gasteiger partial charge in [-0.05, 0) is 17.7 Å². The number of nitrogens with one attached hydrogen (secondary N) is 2. The molecule has 1 aliphatic heterocycles. The van der Waals surface area contributed by atoms with Gasteiger partial charge in [-0.25, -0.2) is 18.7 Å². The van der Waals surface area contributed by atoms with E-state index in [0.29, 0.717) is 5.82 Å². The third-order valence-electron chi connectivity index (χ3n) is 3.47. The van der Waals surface area contributed by atoms with E-state index in [1.165, 1.54) is 0 Å². The van der Waals surface area contributed by atoms with Crippen molar-refractivity contribution in [2.75, 3.05) is 6.54 Å². The molecule has 0 radical (unpaired) electrons. The van der Waals surface area contributed by atoms with Crippen molar-refractivity contribution < 1.29 is 13.6 Å². The number of rotatable bonds is 4. The van der Waals surface area contributed by atoms with Crippen molar-refractivity contribution in [2.24, 2.45) is 0 Å². The molecule has 1 saturated heterocycles. The third-order valence-corrected chi connectivity index (χ3v) is 3.47. The van der Waals surface area contributed by atoms with Crippen LogP contribution >= 0.6 is 0 Å². The molecule has 0 aliphatic carbocycles. The highest BCUT2D eigenvalue weighted by atomic mass is 19.3. The van der Waals surface area contributed by atoms with Crippen LogP contribution in [0.3, 0.4) is 0 Å². The average molecular weight is 307 g/mol. The van der Waals surface area contributed by atoms with E-state index in [1.807, 2.05) is 0 Å². The van der Waals surface area contributed by atoms with E-state index in [4.69, 9.17) is 0 Å². The maximum Gasteiger partial charge on any atom is 0.262 e. The number of pyridine rings is 1. The van der Waals surface area contributed by atoms with Crippen LogP contribution in [0, 0.1) is 0 Å². The lowest BCUT2D eigenvalue weighted by Gasteiger charge is -2.11. The van der Waals surface area contributed by atoms with Crippen LogP contribution in [0.4, 0.5) is 8.78 Å². The number of carbonyl (C=O) groups excluding carboxylic acids is 1. The van der Waals surface area contributed by atoms with Crippen LogP contribution in [-0.4, -0.2) is 39.0 Å². The molecule has 0 aromatic carbocycles. The number of nitrogens with zero attached hydrogens (tertiary/aromatic N) is 3. The van der Waals surface area contributed by atoms with Crippen LogP contribution in [0.5, 0.6) is 0 Å². The quantitative estimate of drug-likeness (QED) is 0.879. The van der Waals surface area contributed by atoms with Crippen molar-refractivity contribution in [3.63, 3.8) is 0 Å². The molecule has 1 atom stereocenters. The Labute approximate surface area is 125 Å². The Morgan fingerprint density at radius 2 is 2.36 bits per heavy atom. The molecule has 3 heterocycles. The SMILES string of the molecule is O=C(NCc1ccnc(-n2ccnc2)c1)C1CC(F)(F)CN1. The Balaban J connectivity index is 1.60. The lowest BCUT2D eigenvalue weighted by Crippen LogP contribution is -2.40. The molecule has 1 aliphatic rings. The summed E-state index contributed by atoms with van der Waals surface area (Å²) in [6.45, 7) is -0.197. The fourth-order valence-electron chi connectivity index (χ4n) is 2.32. The minimum absolute atomic E-state index is 0.257. The summed E-state index contributed by atoms with van der Waals surface area (Å²) in [6.07, 6.45) is 6.18. The lowest BCUT2D eigenvalue weighted by atomic mass is 10.1. The van der Waals surface area contributed by atoms with E-state index in [0.717, 1.165) is 5.56 Å². The Hall–Kier alpha value is -2.35. The summed E-state index contributed by atoms with van der Waals surface area (Å²) < 4.78 is 27.9. The van der Waals surface area contributed by atoms with Crippen LogP contribution in [-0.2, 0) is 11.3 Å². The highest BCUT2D eigenvalue weighted by Gasteiger charge is 2.42. The summed E-state index contributed by atoms with van der Waals surface area (Å²) in [4.78, 5) is 20.0. The minimum Gasteiger partial charge on any atom is -0.351 e. The number of amides is 1. The zero-order valence-corrected chi connectivity index (χ0v) is 11.7. The second-order valence-corrected chi connectivity index (χ2v) is 5.20. The summed E-state index contributed by atoms with van der Waals surface area (Å²) in [6, 6.07) is 2.72. The molecule has 1 amide bonds. The molecule has 2 aromatic rings. The fourth-order valence-corrected chi connectivity index (χ4v) is 2.32. The van der Waals surface area contributed by atoms with Gasteiger partial charge >= 0.3 is 0 Å². The summed E-state index contributed by atoms with van der Waals surface area (Å²) >= 11 is 0. The first-order valence-electron chi connectivity index (χ1n) is 6.86. The molecule has 8 heteroatoms. The van der Waals surface area contributed by atoms with Gasteiger partial charge in [0.15, 0.2) is 0 Å². The van der Waals surface area contributed by atoms with Crippen molar-refractivity contribution in [1.29, 1.82) is 0 Å². The van der Waals surface area contributed by atoms with Gasteiger partial charge in [-0.15, -0.1) is 0 Å². The number of halogens is 2. The van der Waals surface area contributed by atoms with E-state index in [2.05, 4.69) is 20.6 Å². The number of aromatic nitrogens is 3. The summed E-state index contributed by atoms with van der Waals surface area (Å²) in [5, 5.41) is 5.19. The van der Waals surface area contributed by atoms with Crippen molar-refractivity contribution in [3.05, 3.63) is 42.6 Å². The standard InChI is InChI=1S/C14H15F2N5O/c15-14(16)6-11(20-8-14)13(22)19-7-10-1-2-18-12(5-10)21-4-3-17-9-21/h1-5,9,11,20H,6-8H2,(H,19,22). The smallest absolute Gasteiger partial charge is 0.262 e. The van der Waals surface area contributed by atoms with Gasteiger partial charge in [-0.1, -0.05) is 0 Å². The summed E-state index contributed by atoms with van der Waals surface area (Å²) in [7, 11) is 0. The van der Waals surface area contributed by atoms with Gasteiger partial charge in [0.05, 0.1) is 12.6 Å². The minimum atomic E-state index is -2.81. The fraction of sp³-hybridized carbons (Fsp3) is 0.357. The number of alkyl halides is 2. The molecular weight excluding hydrogens is 292 g/mol. The second-order valence-electron chi connectivity index (χ2n) is 5.20. The second kappa shape index (κ2) is 5.80. The van der Waals surface area contributed by atoms with Gasteiger partial charge in [0.1, 0.15) is 12.1 Å². The number of carbonyl (C=O) groups is 1. The molecule has 6 nitrogen and oxygen atoms in total. The van der Waals surface area contributed by atoms with E-state index >= 15 is 0 Å². The van der Waals surface area contributed by atoms with Gasteiger partial charge in [0.25, 0.3) is 5.92 Å². The molecule has 3 rings (SSSR count). The molecule has 22 heavy (non-hydrogen) atoms. The van der Waals surface area contributed by atoms with Gasteiger partial charge in [0.2, 0.25) is 5.91 Å². The van der Waals surface area contributed by atoms with Gasteiger partial charge < -0.3 is 5.32 Å². The highest BCUT2D eigenvalue weighted by Crippen LogP contribution is 2.25. The predicted octanol–water partition coefficient (Wildman–Crippen LogP) is 0.881. The number of imidazole rings is 1. The molecule has 0 spiro atoms. The van der Waals surface area contributed by atoms with Crippen molar-refractivity contribution >= 4 is 5.91 Å². The van der Waals surface area contributed by atoms with Crippen LogP contribution in [0.1, 0.15) is 12.0 Å². The molecule has 0 bridgehead atoms. The van der Waals surface area contributed by atoms with Crippen LogP contribution < -0.4 is 10.6 Å². The number of hydrogen-bond donors (Lipinski definition) is 2. The molecule has 1 fully saturated rings.